The number of aromatic carboxylic acids is 1. The lowest BCUT2D eigenvalue weighted by atomic mass is 10.1. The van der Waals surface area contributed by atoms with E-state index in [9.17, 15) is 19.5 Å². The predicted octanol–water partition coefficient (Wildman–Crippen LogP) is 2.00. The van der Waals surface area contributed by atoms with E-state index in [-0.39, 0.29) is 11.1 Å². The lowest BCUT2D eigenvalue weighted by molar-refractivity contribution is 0.0697. The van der Waals surface area contributed by atoms with Gasteiger partial charge in [-0.15, -0.1) is 0 Å². The van der Waals surface area contributed by atoms with Gasteiger partial charge in [-0.1, -0.05) is 6.07 Å². The zero-order chi connectivity index (χ0) is 21.1. The third kappa shape index (κ3) is 3.93. The van der Waals surface area contributed by atoms with Crippen molar-refractivity contribution >= 4 is 17.9 Å². The topological polar surface area (TPSA) is 134 Å². The first kappa shape index (κ1) is 19.6. The van der Waals surface area contributed by atoms with Gasteiger partial charge in [0.2, 0.25) is 5.88 Å². The molecule has 0 unspecified atom stereocenters. The van der Waals surface area contributed by atoms with E-state index in [0.29, 0.717) is 22.7 Å². The van der Waals surface area contributed by atoms with Crippen molar-refractivity contribution < 1.29 is 19.7 Å². The number of rotatable bonds is 5. The van der Waals surface area contributed by atoms with Gasteiger partial charge in [-0.3, -0.25) is 14.8 Å². The van der Waals surface area contributed by atoms with Crippen LogP contribution in [0.2, 0.25) is 0 Å². The highest BCUT2D eigenvalue weighted by atomic mass is 16.5. The first-order chi connectivity index (χ1) is 13.8. The highest BCUT2D eigenvalue weighted by Gasteiger charge is 2.14. The van der Waals surface area contributed by atoms with Crippen LogP contribution in [0.5, 0.6) is 11.6 Å². The van der Waals surface area contributed by atoms with E-state index in [1.807, 2.05) is 0 Å². The van der Waals surface area contributed by atoms with Crippen LogP contribution in [0.25, 0.3) is 5.69 Å². The van der Waals surface area contributed by atoms with E-state index < -0.39 is 23.1 Å². The number of aromatic amines is 1. The molecule has 0 aliphatic heterocycles. The summed E-state index contributed by atoms with van der Waals surface area (Å²) in [5.74, 6) is -1.16. The number of methoxy groups -OCH3 is 1. The molecule has 1 heterocycles. The Labute approximate surface area is 164 Å². The van der Waals surface area contributed by atoms with Crippen molar-refractivity contribution in [2.45, 2.75) is 6.92 Å². The van der Waals surface area contributed by atoms with E-state index in [4.69, 9.17) is 9.84 Å². The van der Waals surface area contributed by atoms with E-state index in [1.165, 1.54) is 19.2 Å². The summed E-state index contributed by atoms with van der Waals surface area (Å²) in [6, 6.07) is 10.6. The average molecular weight is 395 g/mol. The minimum absolute atomic E-state index is 0.0316. The number of ether oxygens (including phenoxy) is 1. The Morgan fingerprint density at radius 1 is 1.17 bits per heavy atom. The van der Waals surface area contributed by atoms with Crippen LogP contribution < -0.4 is 16.0 Å². The largest absolute Gasteiger partial charge is 0.497 e. The van der Waals surface area contributed by atoms with Crippen LogP contribution in [0.3, 0.4) is 0 Å². The third-order valence-corrected chi connectivity index (χ3v) is 4.24. The normalized spacial score (nSPS) is 11.0. The molecule has 0 amide bonds. The van der Waals surface area contributed by atoms with E-state index in [1.54, 1.807) is 37.3 Å². The number of carboxylic acid groups (broad SMARTS) is 1. The van der Waals surface area contributed by atoms with Gasteiger partial charge in [0, 0.05) is 6.21 Å². The number of aromatic hydroxyl groups is 1. The molecule has 0 saturated carbocycles. The quantitative estimate of drug-likeness (QED) is 0.566. The molecule has 0 bridgehead atoms. The van der Waals surface area contributed by atoms with Gasteiger partial charge in [0.15, 0.2) is 0 Å². The Balaban J connectivity index is 2.10. The van der Waals surface area contributed by atoms with Crippen LogP contribution in [0, 0.1) is 6.92 Å². The summed E-state index contributed by atoms with van der Waals surface area (Å²) in [6.45, 7) is 1.72. The van der Waals surface area contributed by atoms with Crippen LogP contribution in [0.15, 0.2) is 57.0 Å². The highest BCUT2D eigenvalue weighted by molar-refractivity contribution is 5.90. The first-order valence-electron chi connectivity index (χ1n) is 8.42. The number of nitrogens with zero attached hydrogens (tertiary/aromatic N) is 2. The molecule has 0 atom stereocenters. The van der Waals surface area contributed by atoms with Crippen LogP contribution in [-0.2, 0) is 0 Å². The van der Waals surface area contributed by atoms with E-state index in [0.717, 1.165) is 10.8 Å². The molecule has 0 fully saturated rings. The summed E-state index contributed by atoms with van der Waals surface area (Å²) in [7, 11) is 1.49. The van der Waals surface area contributed by atoms with Gasteiger partial charge < -0.3 is 14.9 Å². The average Bonchev–Trinajstić information content (AvgIpc) is 2.69. The molecule has 148 valence electrons. The molecule has 2 aromatic carbocycles. The lowest BCUT2D eigenvalue weighted by Gasteiger charge is -2.10. The summed E-state index contributed by atoms with van der Waals surface area (Å²) < 4.78 is 5.98. The minimum Gasteiger partial charge on any atom is -0.497 e. The molecule has 1 aromatic heterocycles. The molecular weight excluding hydrogens is 378 g/mol. The number of aromatic nitrogens is 2. The second-order valence-corrected chi connectivity index (χ2v) is 6.09. The Kier molecular flexibility index (Phi) is 5.31. The number of hydrogen-bond acceptors (Lipinski definition) is 6. The van der Waals surface area contributed by atoms with Crippen molar-refractivity contribution in [3.05, 3.63) is 80.0 Å². The molecular formula is C20H17N3O6. The van der Waals surface area contributed by atoms with Crippen molar-refractivity contribution in [1.82, 2.24) is 9.55 Å². The predicted molar refractivity (Wildman–Crippen MR) is 106 cm³/mol. The van der Waals surface area contributed by atoms with Crippen molar-refractivity contribution in [2.75, 3.05) is 7.11 Å². The maximum Gasteiger partial charge on any atom is 0.335 e. The number of benzene rings is 2. The second-order valence-electron chi connectivity index (χ2n) is 6.09. The van der Waals surface area contributed by atoms with Crippen molar-refractivity contribution in [1.29, 1.82) is 0 Å². The molecule has 29 heavy (non-hydrogen) atoms. The first-order valence-corrected chi connectivity index (χ1v) is 8.42. The molecule has 0 radical (unpaired) electrons. The van der Waals surface area contributed by atoms with Gasteiger partial charge in [0.05, 0.1) is 24.0 Å². The summed E-state index contributed by atoms with van der Waals surface area (Å²) in [5, 5.41) is 19.7. The molecule has 0 spiro atoms. The van der Waals surface area contributed by atoms with Crippen LogP contribution in [0.4, 0.5) is 5.69 Å². The molecule has 3 rings (SSSR count). The van der Waals surface area contributed by atoms with Crippen LogP contribution >= 0.6 is 0 Å². The molecule has 0 aliphatic rings. The molecule has 0 saturated heterocycles. The molecule has 3 aromatic rings. The number of carboxylic acids is 1. The standard InChI is InChI=1S/C20H17N3O6/c1-11-3-4-12(19(26)27)9-16(11)21-10-15-17(24)22-20(28)23(18(15)25)13-5-7-14(29-2)8-6-13/h3-10,25H,1-2H3,(H,26,27)(H,22,24,28). The number of hydrogen-bond donors (Lipinski definition) is 3. The Morgan fingerprint density at radius 2 is 1.86 bits per heavy atom. The Morgan fingerprint density at radius 3 is 2.48 bits per heavy atom. The number of nitrogens with one attached hydrogen (secondary N) is 1. The van der Waals surface area contributed by atoms with Crippen LogP contribution in [0.1, 0.15) is 21.5 Å². The zero-order valence-electron chi connectivity index (χ0n) is 15.5. The minimum atomic E-state index is -1.12. The van der Waals surface area contributed by atoms with Gasteiger partial charge in [-0.25, -0.2) is 14.2 Å². The summed E-state index contributed by atoms with van der Waals surface area (Å²) >= 11 is 0. The van der Waals surface area contributed by atoms with Gasteiger partial charge >= 0.3 is 11.7 Å². The molecule has 9 nitrogen and oxygen atoms in total. The zero-order valence-corrected chi connectivity index (χ0v) is 15.5. The number of carbonyl (C=O) groups is 1. The van der Waals surface area contributed by atoms with Gasteiger partial charge in [-0.05, 0) is 48.9 Å². The SMILES string of the molecule is COc1ccc(-n2c(O)c(C=Nc3cc(C(=O)O)ccc3C)c(=O)[nH]c2=O)cc1. The van der Waals surface area contributed by atoms with Gasteiger partial charge in [-0.2, -0.15) is 0 Å². The highest BCUT2D eigenvalue weighted by Crippen LogP contribution is 2.22. The maximum atomic E-state index is 12.2. The summed E-state index contributed by atoms with van der Waals surface area (Å²) in [6.07, 6.45) is 1.08. The van der Waals surface area contributed by atoms with E-state index in [2.05, 4.69) is 9.98 Å². The Hall–Kier alpha value is -4.14. The summed E-state index contributed by atoms with van der Waals surface area (Å²) in [5.41, 5.74) is -0.573. The summed E-state index contributed by atoms with van der Waals surface area (Å²) in [4.78, 5) is 41.8. The van der Waals surface area contributed by atoms with E-state index >= 15 is 0 Å². The molecule has 3 N–H and O–H groups in total. The fourth-order valence-electron chi connectivity index (χ4n) is 2.64. The third-order valence-electron chi connectivity index (χ3n) is 4.24. The van der Waals surface area contributed by atoms with Gasteiger partial charge in [0.1, 0.15) is 11.3 Å². The van der Waals surface area contributed by atoms with Gasteiger partial charge in [0.25, 0.3) is 5.56 Å². The fourth-order valence-corrected chi connectivity index (χ4v) is 2.64. The molecule has 9 heteroatoms. The smallest absolute Gasteiger partial charge is 0.335 e. The number of aryl methyl sites for hydroxylation is 1. The lowest BCUT2D eigenvalue weighted by Crippen LogP contribution is -2.31. The second kappa shape index (κ2) is 7.85. The monoisotopic (exact) mass is 395 g/mol. The number of aliphatic imine (C=N–C) groups is 1. The molecule has 0 aliphatic carbocycles. The number of H-pyrrole nitrogens is 1. The maximum absolute atomic E-state index is 12.2. The fraction of sp³-hybridized carbons (Fsp3) is 0.100. The Bertz CT molecular complexity index is 1220. The van der Waals surface area contributed by atoms with Crippen LogP contribution in [-0.4, -0.2) is 39.1 Å². The van der Waals surface area contributed by atoms with Crippen molar-refractivity contribution in [2.24, 2.45) is 4.99 Å². The van der Waals surface area contributed by atoms with Crippen molar-refractivity contribution in [3.63, 3.8) is 0 Å². The van der Waals surface area contributed by atoms with Crippen molar-refractivity contribution in [3.8, 4) is 17.3 Å².